The number of aliphatic hydroxyl groups excluding tert-OH is 12. The molecule has 0 spiro atoms. The molecule has 3 aliphatic heterocycles. The molecule has 15 atom stereocenters. The fourth-order valence-corrected chi connectivity index (χ4v) is 4.48. The Labute approximate surface area is 233 Å². The molecule has 19 heteroatoms. The zero-order valence-corrected chi connectivity index (χ0v) is 21.8. The first-order chi connectivity index (χ1) is 19.3. The Bertz CT molecular complexity index is 694. The van der Waals surface area contributed by atoms with Gasteiger partial charge in [0.2, 0.25) is 0 Å². The first kappa shape index (κ1) is 34.7. The molecule has 3 saturated heterocycles. The molecular weight excluding hydrogens is 566 g/mol. The summed E-state index contributed by atoms with van der Waals surface area (Å²) in [6, 6.07) is 0. The van der Waals surface area contributed by atoms with Crippen molar-refractivity contribution < 1.29 is 89.7 Å². The maximum Gasteiger partial charge on any atom is 0.186 e. The van der Waals surface area contributed by atoms with Crippen molar-refractivity contribution in [2.75, 3.05) is 39.6 Å². The highest BCUT2D eigenvalue weighted by Crippen LogP contribution is 2.27. The lowest BCUT2D eigenvalue weighted by atomic mass is 9.98. The van der Waals surface area contributed by atoms with E-state index in [0.717, 1.165) is 0 Å². The largest absolute Gasteiger partial charge is 0.394 e. The Hall–Kier alpha value is -0.760. The van der Waals surface area contributed by atoms with Crippen molar-refractivity contribution >= 4 is 0 Å². The van der Waals surface area contributed by atoms with Gasteiger partial charge in [-0.3, -0.25) is 0 Å². The van der Waals surface area contributed by atoms with E-state index in [1.807, 2.05) is 0 Å². The highest BCUT2D eigenvalue weighted by atomic mass is 16.7. The minimum absolute atomic E-state index is 0.648. The van der Waals surface area contributed by atoms with Gasteiger partial charge in [-0.05, 0) is 0 Å². The van der Waals surface area contributed by atoms with Crippen LogP contribution in [0.1, 0.15) is 0 Å². The predicted molar refractivity (Wildman–Crippen MR) is 126 cm³/mol. The Morgan fingerprint density at radius 2 is 0.683 bits per heavy atom. The molecule has 41 heavy (non-hydrogen) atoms. The quantitative estimate of drug-likeness (QED) is 0.0979. The summed E-state index contributed by atoms with van der Waals surface area (Å²) in [5.41, 5.74) is 4.57. The lowest BCUT2D eigenvalue weighted by Gasteiger charge is -2.43. The van der Waals surface area contributed by atoms with Gasteiger partial charge in [0.15, 0.2) is 18.9 Å². The first-order valence-corrected chi connectivity index (χ1v) is 12.8. The second kappa shape index (κ2) is 14.8. The van der Waals surface area contributed by atoms with Crippen LogP contribution in [0, 0.1) is 0 Å². The molecule has 0 saturated carbocycles. The SMILES string of the molecule is NC(CO[C@H]1OC(CO)[C@@H](O)[C@H](O)C1O)(CO[C@H]1OC(CO)[C@@H](O)[C@H](O)C1O)CO[C@H]1OC(CO)[C@@H](O)[C@H](O)C1O. The van der Waals surface area contributed by atoms with E-state index in [0.29, 0.717) is 0 Å². The minimum atomic E-state index is -1.84. The summed E-state index contributed by atoms with van der Waals surface area (Å²) < 4.78 is 32.3. The predicted octanol–water partition coefficient (Wildman–Crippen LogP) is -8.87. The highest BCUT2D eigenvalue weighted by Gasteiger charge is 2.48. The van der Waals surface area contributed by atoms with Crippen molar-refractivity contribution in [2.45, 2.75) is 97.7 Å². The van der Waals surface area contributed by atoms with Crippen molar-refractivity contribution in [1.82, 2.24) is 0 Å². The number of nitrogens with two attached hydrogens (primary N) is 1. The van der Waals surface area contributed by atoms with Crippen LogP contribution in [0.2, 0.25) is 0 Å². The molecule has 3 rings (SSSR count). The average Bonchev–Trinajstić information content (AvgIpc) is 2.96. The van der Waals surface area contributed by atoms with Crippen LogP contribution in [0.3, 0.4) is 0 Å². The van der Waals surface area contributed by atoms with Gasteiger partial charge in [0, 0.05) is 0 Å². The molecule has 242 valence electrons. The van der Waals surface area contributed by atoms with Gasteiger partial charge in [-0.2, -0.15) is 0 Å². The maximum absolute atomic E-state index is 10.3. The third kappa shape index (κ3) is 7.85. The standard InChI is InChI=1S/C22H41NO18/c23-22(4-36-19-16(33)13(30)10(27)7(1-24)39-19,5-37-20-17(34)14(31)11(28)8(2-25)40-20)6-38-21-18(35)15(32)12(29)9(3-26)41-21/h7-21,24-35H,1-6,23H2/t7?,8?,9?,10-,11-,12-,13+,14+,15+,16?,17?,18?,19+,20+,21+,22?/m1/s1. The van der Waals surface area contributed by atoms with E-state index in [2.05, 4.69) is 0 Å². The summed E-state index contributed by atoms with van der Waals surface area (Å²) >= 11 is 0. The number of rotatable bonds is 12. The van der Waals surface area contributed by atoms with E-state index in [1.54, 1.807) is 0 Å². The van der Waals surface area contributed by atoms with Crippen molar-refractivity contribution in [3.63, 3.8) is 0 Å². The summed E-state index contributed by atoms with van der Waals surface area (Å²) in [6.45, 7) is -4.16. The Morgan fingerprint density at radius 1 is 0.439 bits per heavy atom. The number of aliphatic hydroxyl groups is 12. The summed E-state index contributed by atoms with van der Waals surface area (Å²) in [4.78, 5) is 0. The van der Waals surface area contributed by atoms with Crippen molar-refractivity contribution in [3.05, 3.63) is 0 Å². The molecular formula is C22H41NO18. The summed E-state index contributed by atoms with van der Waals surface area (Å²) in [7, 11) is 0. The zero-order valence-electron chi connectivity index (χ0n) is 21.8. The molecule has 0 radical (unpaired) electrons. The molecule has 0 aromatic carbocycles. The minimum Gasteiger partial charge on any atom is -0.394 e. The van der Waals surface area contributed by atoms with E-state index in [9.17, 15) is 61.3 Å². The molecule has 0 aliphatic carbocycles. The Balaban J connectivity index is 1.73. The fraction of sp³-hybridized carbons (Fsp3) is 1.00. The second-order valence-corrected chi connectivity index (χ2v) is 10.4. The van der Waals surface area contributed by atoms with Gasteiger partial charge in [0.25, 0.3) is 0 Å². The third-order valence-electron chi connectivity index (χ3n) is 7.15. The van der Waals surface area contributed by atoms with Gasteiger partial charge < -0.3 is 95.4 Å². The fourth-order valence-electron chi connectivity index (χ4n) is 4.48. The lowest BCUT2D eigenvalue weighted by molar-refractivity contribution is -0.322. The normalized spacial score (nSPS) is 47.2. The molecule has 0 aromatic heterocycles. The van der Waals surface area contributed by atoms with Crippen LogP contribution in [0.4, 0.5) is 0 Å². The molecule has 0 amide bonds. The smallest absolute Gasteiger partial charge is 0.186 e. The topological polar surface area (TPSA) is 324 Å². The van der Waals surface area contributed by atoms with Crippen LogP contribution in [0.25, 0.3) is 0 Å². The molecule has 3 aliphatic rings. The Kier molecular flexibility index (Phi) is 12.5. The zero-order chi connectivity index (χ0) is 30.6. The molecule has 3 fully saturated rings. The van der Waals surface area contributed by atoms with Crippen LogP contribution in [-0.2, 0) is 28.4 Å². The van der Waals surface area contributed by atoms with E-state index in [4.69, 9.17) is 34.2 Å². The van der Waals surface area contributed by atoms with E-state index in [-0.39, 0.29) is 0 Å². The number of ether oxygens (including phenoxy) is 6. The van der Waals surface area contributed by atoms with Gasteiger partial charge in [0.05, 0.1) is 45.2 Å². The van der Waals surface area contributed by atoms with E-state index in [1.165, 1.54) is 0 Å². The average molecular weight is 608 g/mol. The summed E-state index contributed by atoms with van der Waals surface area (Å²) in [5, 5.41) is 119. The van der Waals surface area contributed by atoms with Crippen LogP contribution in [0.5, 0.6) is 0 Å². The monoisotopic (exact) mass is 607 g/mol. The number of hydrogen-bond donors (Lipinski definition) is 13. The summed E-state index contributed by atoms with van der Waals surface area (Å²) in [5.74, 6) is 0. The van der Waals surface area contributed by atoms with Crippen LogP contribution >= 0.6 is 0 Å². The highest BCUT2D eigenvalue weighted by molar-refractivity contribution is 4.94. The third-order valence-corrected chi connectivity index (χ3v) is 7.15. The van der Waals surface area contributed by atoms with Crippen LogP contribution < -0.4 is 5.73 Å². The van der Waals surface area contributed by atoms with E-state index < -0.39 is 137 Å². The van der Waals surface area contributed by atoms with Crippen molar-refractivity contribution in [1.29, 1.82) is 0 Å². The van der Waals surface area contributed by atoms with E-state index >= 15 is 0 Å². The second-order valence-electron chi connectivity index (χ2n) is 10.4. The summed E-state index contributed by atoms with van der Waals surface area (Å²) in [6.07, 6.45) is -24.5. The van der Waals surface area contributed by atoms with Gasteiger partial charge in [-0.1, -0.05) is 0 Å². The van der Waals surface area contributed by atoms with Gasteiger partial charge in [0.1, 0.15) is 73.2 Å². The van der Waals surface area contributed by atoms with Crippen molar-refractivity contribution in [3.8, 4) is 0 Å². The first-order valence-electron chi connectivity index (χ1n) is 12.8. The molecule has 3 heterocycles. The Morgan fingerprint density at radius 3 is 0.902 bits per heavy atom. The molecule has 19 nitrogen and oxygen atoms in total. The molecule has 0 aromatic rings. The van der Waals surface area contributed by atoms with Gasteiger partial charge >= 0.3 is 0 Å². The lowest BCUT2D eigenvalue weighted by Crippen LogP contribution is -2.63. The number of hydrogen-bond acceptors (Lipinski definition) is 19. The van der Waals surface area contributed by atoms with Crippen LogP contribution in [0.15, 0.2) is 0 Å². The van der Waals surface area contributed by atoms with Crippen molar-refractivity contribution in [2.24, 2.45) is 5.73 Å². The van der Waals surface area contributed by atoms with Gasteiger partial charge in [-0.15, -0.1) is 0 Å². The van der Waals surface area contributed by atoms with Gasteiger partial charge in [-0.25, -0.2) is 0 Å². The molecule has 0 bridgehead atoms. The van der Waals surface area contributed by atoms with Crippen LogP contribution in [-0.4, -0.2) is 199 Å². The molecule has 14 N–H and O–H groups in total. The molecule has 6 unspecified atom stereocenters. The maximum atomic E-state index is 10.3.